The standard InChI is InChI=1S/C12H24N2O/c1-5-6-8-7-9(8)14-11(15)10(13)12(2,3)4/h8-10H,5-7,13H2,1-4H3,(H,14,15)/t8?,9?,10-/m1/s1. The first-order chi connectivity index (χ1) is 6.86. The van der Waals surface area contributed by atoms with Gasteiger partial charge in [0, 0.05) is 6.04 Å². The number of nitrogens with one attached hydrogen (secondary N) is 1. The zero-order chi connectivity index (χ0) is 11.6. The van der Waals surface area contributed by atoms with Crippen LogP contribution in [0.5, 0.6) is 0 Å². The van der Waals surface area contributed by atoms with Crippen LogP contribution in [0.3, 0.4) is 0 Å². The molecule has 0 heterocycles. The second-order valence-electron chi connectivity index (χ2n) is 5.74. The summed E-state index contributed by atoms with van der Waals surface area (Å²) < 4.78 is 0. The Morgan fingerprint density at radius 1 is 1.53 bits per heavy atom. The van der Waals surface area contributed by atoms with Gasteiger partial charge in [0.05, 0.1) is 6.04 Å². The lowest BCUT2D eigenvalue weighted by Gasteiger charge is -2.25. The van der Waals surface area contributed by atoms with Crippen LogP contribution in [-0.2, 0) is 4.79 Å². The van der Waals surface area contributed by atoms with E-state index in [0.717, 1.165) is 6.42 Å². The van der Waals surface area contributed by atoms with Gasteiger partial charge in [-0.2, -0.15) is 0 Å². The molecule has 1 rings (SSSR count). The zero-order valence-electron chi connectivity index (χ0n) is 10.3. The molecule has 0 spiro atoms. The number of carbonyl (C=O) groups excluding carboxylic acids is 1. The highest BCUT2D eigenvalue weighted by Crippen LogP contribution is 2.34. The lowest BCUT2D eigenvalue weighted by molar-refractivity contribution is -0.124. The van der Waals surface area contributed by atoms with Gasteiger partial charge in [0.25, 0.3) is 0 Å². The van der Waals surface area contributed by atoms with Crippen LogP contribution in [0, 0.1) is 11.3 Å². The normalized spacial score (nSPS) is 27.3. The van der Waals surface area contributed by atoms with E-state index < -0.39 is 6.04 Å². The molecule has 3 atom stereocenters. The summed E-state index contributed by atoms with van der Waals surface area (Å²) in [5, 5.41) is 3.03. The number of carbonyl (C=O) groups is 1. The average Bonchev–Trinajstić information content (AvgIpc) is 2.81. The second-order valence-corrected chi connectivity index (χ2v) is 5.74. The Labute approximate surface area is 92.8 Å². The van der Waals surface area contributed by atoms with Crippen LogP contribution in [0.25, 0.3) is 0 Å². The zero-order valence-corrected chi connectivity index (χ0v) is 10.3. The molecule has 0 radical (unpaired) electrons. The van der Waals surface area contributed by atoms with E-state index in [1.807, 2.05) is 20.8 Å². The molecule has 0 saturated heterocycles. The Morgan fingerprint density at radius 2 is 2.13 bits per heavy atom. The van der Waals surface area contributed by atoms with Gasteiger partial charge in [0.2, 0.25) is 5.91 Å². The average molecular weight is 212 g/mol. The first-order valence-electron chi connectivity index (χ1n) is 5.92. The molecule has 3 heteroatoms. The Kier molecular flexibility index (Phi) is 3.77. The molecule has 1 aliphatic rings. The number of amides is 1. The molecule has 0 aromatic carbocycles. The van der Waals surface area contributed by atoms with Gasteiger partial charge < -0.3 is 11.1 Å². The number of nitrogens with two attached hydrogens (primary N) is 1. The summed E-state index contributed by atoms with van der Waals surface area (Å²) in [7, 11) is 0. The van der Waals surface area contributed by atoms with Crippen LogP contribution in [0.2, 0.25) is 0 Å². The minimum Gasteiger partial charge on any atom is -0.352 e. The third-order valence-electron chi connectivity index (χ3n) is 3.13. The maximum atomic E-state index is 11.8. The van der Waals surface area contributed by atoms with Crippen molar-refractivity contribution in [3.05, 3.63) is 0 Å². The van der Waals surface area contributed by atoms with E-state index >= 15 is 0 Å². The summed E-state index contributed by atoms with van der Waals surface area (Å²) in [5.74, 6) is 0.706. The Balaban J connectivity index is 2.32. The van der Waals surface area contributed by atoms with Crippen LogP contribution < -0.4 is 11.1 Å². The van der Waals surface area contributed by atoms with Crippen molar-refractivity contribution in [1.82, 2.24) is 5.32 Å². The molecular weight excluding hydrogens is 188 g/mol. The second kappa shape index (κ2) is 4.52. The molecular formula is C12H24N2O. The molecule has 3 N–H and O–H groups in total. The molecule has 1 fully saturated rings. The van der Waals surface area contributed by atoms with E-state index in [1.54, 1.807) is 0 Å². The van der Waals surface area contributed by atoms with Gasteiger partial charge in [0.1, 0.15) is 0 Å². The van der Waals surface area contributed by atoms with E-state index in [9.17, 15) is 4.79 Å². The summed E-state index contributed by atoms with van der Waals surface area (Å²) in [6.07, 6.45) is 3.55. The van der Waals surface area contributed by atoms with Crippen molar-refractivity contribution in [2.75, 3.05) is 0 Å². The first kappa shape index (κ1) is 12.5. The maximum Gasteiger partial charge on any atom is 0.237 e. The van der Waals surface area contributed by atoms with Gasteiger partial charge in [-0.1, -0.05) is 34.1 Å². The molecule has 0 aliphatic heterocycles. The summed E-state index contributed by atoms with van der Waals surface area (Å²) in [6.45, 7) is 8.16. The minimum absolute atomic E-state index is 0.00565. The molecule has 88 valence electrons. The lowest BCUT2D eigenvalue weighted by Crippen LogP contribution is -2.49. The Hall–Kier alpha value is -0.570. The molecule has 2 unspecified atom stereocenters. The van der Waals surface area contributed by atoms with E-state index in [2.05, 4.69) is 12.2 Å². The highest BCUT2D eigenvalue weighted by Gasteiger charge is 2.39. The van der Waals surface area contributed by atoms with E-state index in [-0.39, 0.29) is 11.3 Å². The molecule has 3 nitrogen and oxygen atoms in total. The highest BCUT2D eigenvalue weighted by molar-refractivity contribution is 5.82. The third kappa shape index (κ3) is 3.49. The van der Waals surface area contributed by atoms with Crippen LogP contribution in [-0.4, -0.2) is 18.0 Å². The van der Waals surface area contributed by atoms with Crippen molar-refractivity contribution >= 4 is 5.91 Å². The molecule has 0 aromatic heterocycles. The molecule has 1 saturated carbocycles. The van der Waals surface area contributed by atoms with Crippen molar-refractivity contribution in [3.8, 4) is 0 Å². The summed E-state index contributed by atoms with van der Waals surface area (Å²) >= 11 is 0. The van der Waals surface area contributed by atoms with Crippen molar-refractivity contribution in [3.63, 3.8) is 0 Å². The fourth-order valence-electron chi connectivity index (χ4n) is 1.78. The van der Waals surface area contributed by atoms with E-state index in [1.165, 1.54) is 12.8 Å². The smallest absolute Gasteiger partial charge is 0.237 e. The van der Waals surface area contributed by atoms with Crippen LogP contribution in [0.1, 0.15) is 47.0 Å². The van der Waals surface area contributed by atoms with Crippen molar-refractivity contribution in [2.45, 2.75) is 59.0 Å². The fourth-order valence-corrected chi connectivity index (χ4v) is 1.78. The minimum atomic E-state index is -0.402. The predicted octanol–water partition coefficient (Wildman–Crippen LogP) is 1.66. The van der Waals surface area contributed by atoms with Gasteiger partial charge in [-0.25, -0.2) is 0 Å². The van der Waals surface area contributed by atoms with Crippen LogP contribution in [0.15, 0.2) is 0 Å². The van der Waals surface area contributed by atoms with Crippen molar-refractivity contribution in [1.29, 1.82) is 0 Å². The Morgan fingerprint density at radius 3 is 2.60 bits per heavy atom. The van der Waals surface area contributed by atoms with Gasteiger partial charge >= 0.3 is 0 Å². The van der Waals surface area contributed by atoms with E-state index in [0.29, 0.717) is 12.0 Å². The quantitative estimate of drug-likeness (QED) is 0.744. The lowest BCUT2D eigenvalue weighted by atomic mass is 9.87. The third-order valence-corrected chi connectivity index (χ3v) is 3.13. The summed E-state index contributed by atoms with van der Waals surface area (Å²) in [4.78, 5) is 11.8. The van der Waals surface area contributed by atoms with Crippen molar-refractivity contribution < 1.29 is 4.79 Å². The largest absolute Gasteiger partial charge is 0.352 e. The SMILES string of the molecule is CCCC1CC1NC(=O)[C@@H](N)C(C)(C)C. The fraction of sp³-hybridized carbons (Fsp3) is 0.917. The molecule has 1 amide bonds. The summed E-state index contributed by atoms with van der Waals surface area (Å²) in [5.41, 5.74) is 5.72. The van der Waals surface area contributed by atoms with Gasteiger partial charge in [-0.3, -0.25) is 4.79 Å². The van der Waals surface area contributed by atoms with Crippen LogP contribution in [0.4, 0.5) is 0 Å². The molecule has 15 heavy (non-hydrogen) atoms. The van der Waals surface area contributed by atoms with Crippen molar-refractivity contribution in [2.24, 2.45) is 17.1 Å². The Bertz CT molecular complexity index is 232. The van der Waals surface area contributed by atoms with Gasteiger partial charge in [0.15, 0.2) is 0 Å². The topological polar surface area (TPSA) is 55.1 Å². The number of hydrogen-bond donors (Lipinski definition) is 2. The van der Waals surface area contributed by atoms with Gasteiger partial charge in [-0.15, -0.1) is 0 Å². The molecule has 0 bridgehead atoms. The first-order valence-corrected chi connectivity index (χ1v) is 5.92. The number of hydrogen-bond acceptors (Lipinski definition) is 2. The molecule has 0 aromatic rings. The predicted molar refractivity (Wildman–Crippen MR) is 62.4 cm³/mol. The maximum absolute atomic E-state index is 11.8. The van der Waals surface area contributed by atoms with E-state index in [4.69, 9.17) is 5.73 Å². The van der Waals surface area contributed by atoms with Gasteiger partial charge in [-0.05, 0) is 24.2 Å². The number of rotatable bonds is 4. The summed E-state index contributed by atoms with van der Waals surface area (Å²) in [6, 6.07) is -0.00812. The van der Waals surface area contributed by atoms with Crippen LogP contribution >= 0.6 is 0 Å². The monoisotopic (exact) mass is 212 g/mol. The molecule has 1 aliphatic carbocycles. The highest BCUT2D eigenvalue weighted by atomic mass is 16.2.